The minimum Gasteiger partial charge on any atom is -0.445 e. The Balaban J connectivity index is 2.13. The van der Waals surface area contributed by atoms with Crippen molar-refractivity contribution in [2.24, 2.45) is 11.8 Å². The average molecular weight is 514 g/mol. The molecule has 4 N–H and O–H groups in total. The third kappa shape index (κ3) is 8.61. The minimum atomic E-state index is -3.99. The molecule has 0 bridgehead atoms. The van der Waals surface area contributed by atoms with Crippen molar-refractivity contribution in [3.63, 3.8) is 0 Å². The molecule has 1 saturated heterocycles. The van der Waals surface area contributed by atoms with E-state index in [9.17, 15) is 24.1 Å². The first-order valence-corrected chi connectivity index (χ1v) is 13.1. The normalized spacial score (nSPS) is 18.5. The molecule has 4 atom stereocenters. The molecule has 1 aromatic carbocycles. The molecule has 0 spiro atoms. The summed E-state index contributed by atoms with van der Waals surface area (Å²) in [4.78, 5) is 37.7. The molecule has 196 valence electrons. The van der Waals surface area contributed by atoms with Crippen molar-refractivity contribution in [1.82, 2.24) is 16.0 Å². The molecular weight excluding hydrogens is 477 g/mol. The van der Waals surface area contributed by atoms with Crippen LogP contribution in [0.2, 0.25) is 0 Å². The Labute approximate surface area is 205 Å². The number of benzene rings is 1. The molecule has 1 heterocycles. The number of nitrogens with one attached hydrogen (secondary N) is 3. The van der Waals surface area contributed by atoms with E-state index >= 15 is 0 Å². The van der Waals surface area contributed by atoms with Gasteiger partial charge >= 0.3 is 13.7 Å². The smallest absolute Gasteiger partial charge is 0.408 e. The van der Waals surface area contributed by atoms with Crippen molar-refractivity contribution >= 4 is 25.5 Å². The summed E-state index contributed by atoms with van der Waals surface area (Å²) in [6.45, 7) is 4.27. The van der Waals surface area contributed by atoms with Crippen LogP contribution in [-0.4, -0.2) is 61.7 Å². The maximum Gasteiger partial charge on any atom is 0.408 e. The van der Waals surface area contributed by atoms with Crippen LogP contribution in [0.1, 0.15) is 38.7 Å². The predicted octanol–water partition coefficient (Wildman–Crippen LogP) is 2.14. The third-order valence-electron chi connectivity index (χ3n) is 5.75. The van der Waals surface area contributed by atoms with E-state index in [4.69, 9.17) is 13.8 Å². The van der Waals surface area contributed by atoms with Crippen molar-refractivity contribution in [3.8, 4) is 0 Å². The lowest BCUT2D eigenvalue weighted by Crippen LogP contribution is -2.53. The molecule has 0 aromatic heterocycles. The quantitative estimate of drug-likeness (QED) is 0.293. The zero-order valence-electron chi connectivity index (χ0n) is 20.6. The fourth-order valence-corrected chi connectivity index (χ4v) is 5.05. The van der Waals surface area contributed by atoms with Crippen molar-refractivity contribution < 1.29 is 37.8 Å². The summed E-state index contributed by atoms with van der Waals surface area (Å²) in [7, 11) is -1.74. The molecule has 1 fully saturated rings. The first-order valence-electron chi connectivity index (χ1n) is 11.5. The molecule has 1 aromatic rings. The van der Waals surface area contributed by atoms with Crippen LogP contribution in [-0.2, 0) is 34.5 Å². The summed E-state index contributed by atoms with van der Waals surface area (Å²) in [5.41, 5.74) is 0.792. The predicted molar refractivity (Wildman–Crippen MR) is 128 cm³/mol. The van der Waals surface area contributed by atoms with Crippen molar-refractivity contribution in [2.45, 2.75) is 57.6 Å². The molecule has 2 rings (SSSR count). The highest BCUT2D eigenvalue weighted by atomic mass is 31.2. The van der Waals surface area contributed by atoms with E-state index in [1.165, 1.54) is 0 Å². The number of alkyl carbamates (subject to hydrolysis) is 1. The SMILES string of the molecule is COP(=O)(OC)C(O)[C@H](CC1CCNC1=O)NC(=O)[C@H](CC(C)C)NC(=O)OCc1ccccc1. The van der Waals surface area contributed by atoms with E-state index in [1.807, 2.05) is 32.0 Å². The molecule has 3 amide bonds. The van der Waals surface area contributed by atoms with Gasteiger partial charge in [0.2, 0.25) is 11.8 Å². The van der Waals surface area contributed by atoms with Gasteiger partial charge in [0, 0.05) is 26.7 Å². The zero-order chi connectivity index (χ0) is 26.0. The summed E-state index contributed by atoms with van der Waals surface area (Å²) < 4.78 is 27.9. The number of aliphatic hydroxyl groups excluding tert-OH is 1. The van der Waals surface area contributed by atoms with Gasteiger partial charge in [-0.05, 0) is 30.7 Å². The molecular formula is C23H36N3O8P. The molecule has 1 aliphatic rings. The number of aliphatic hydroxyl groups is 1. The number of ether oxygens (including phenoxy) is 1. The molecule has 11 nitrogen and oxygen atoms in total. The van der Waals surface area contributed by atoms with E-state index < -0.39 is 43.4 Å². The van der Waals surface area contributed by atoms with Crippen molar-refractivity contribution in [2.75, 3.05) is 20.8 Å². The first kappa shape index (κ1) is 28.8. The van der Waals surface area contributed by atoms with Crippen LogP contribution < -0.4 is 16.0 Å². The lowest BCUT2D eigenvalue weighted by Gasteiger charge is -2.31. The second-order valence-corrected chi connectivity index (χ2v) is 11.2. The maximum absolute atomic E-state index is 13.2. The van der Waals surface area contributed by atoms with Gasteiger partial charge < -0.3 is 34.8 Å². The van der Waals surface area contributed by atoms with E-state index in [0.717, 1.165) is 19.8 Å². The van der Waals surface area contributed by atoms with Gasteiger partial charge in [-0.3, -0.25) is 14.2 Å². The Morgan fingerprint density at radius 2 is 1.83 bits per heavy atom. The van der Waals surface area contributed by atoms with Gasteiger partial charge in [-0.2, -0.15) is 0 Å². The second kappa shape index (κ2) is 13.6. The summed E-state index contributed by atoms with van der Waals surface area (Å²) in [5, 5.41) is 18.7. The Kier molecular flexibility index (Phi) is 11.2. The van der Waals surface area contributed by atoms with Crippen molar-refractivity contribution in [1.29, 1.82) is 0 Å². The van der Waals surface area contributed by atoms with Crippen LogP contribution in [0.15, 0.2) is 30.3 Å². The van der Waals surface area contributed by atoms with E-state index in [2.05, 4.69) is 16.0 Å². The van der Waals surface area contributed by atoms with Crippen molar-refractivity contribution in [3.05, 3.63) is 35.9 Å². The average Bonchev–Trinajstić information content (AvgIpc) is 3.25. The lowest BCUT2D eigenvalue weighted by atomic mass is 9.97. The molecule has 1 aliphatic heterocycles. The van der Waals surface area contributed by atoms with Gasteiger partial charge in [-0.15, -0.1) is 0 Å². The van der Waals surface area contributed by atoms with Gasteiger partial charge in [0.05, 0.1) is 6.04 Å². The number of amides is 3. The second-order valence-electron chi connectivity index (χ2n) is 8.83. The van der Waals surface area contributed by atoms with E-state index in [1.54, 1.807) is 12.1 Å². The number of hydrogen-bond acceptors (Lipinski definition) is 8. The summed E-state index contributed by atoms with van der Waals surface area (Å²) in [6, 6.07) is 6.98. The molecule has 35 heavy (non-hydrogen) atoms. The van der Waals surface area contributed by atoms with Gasteiger partial charge in [-0.1, -0.05) is 44.2 Å². The Morgan fingerprint density at radius 1 is 1.17 bits per heavy atom. The fourth-order valence-electron chi connectivity index (χ4n) is 3.84. The van der Waals surface area contributed by atoms with Crippen LogP contribution >= 0.6 is 7.60 Å². The maximum atomic E-state index is 13.2. The number of rotatable bonds is 13. The summed E-state index contributed by atoms with van der Waals surface area (Å²) in [5.74, 6) is -3.02. The largest absolute Gasteiger partial charge is 0.445 e. The lowest BCUT2D eigenvalue weighted by molar-refractivity contribution is -0.126. The van der Waals surface area contributed by atoms with E-state index in [-0.39, 0.29) is 31.3 Å². The topological polar surface area (TPSA) is 152 Å². The standard InChI is InChI=1S/C23H36N3O8P/c1-15(2)12-18(26-23(30)34-14-16-8-6-5-7-9-16)21(28)25-19(13-17-10-11-24-20(17)27)22(29)35(31,32-3)33-4/h5-9,15,17-19,22,29H,10-14H2,1-4H3,(H,24,27)(H,25,28)(H,26,30)/t17?,18-,19-,22?/m0/s1. The van der Waals surface area contributed by atoms with E-state index in [0.29, 0.717) is 13.0 Å². The zero-order valence-corrected chi connectivity index (χ0v) is 21.5. The van der Waals surface area contributed by atoms with Crippen LogP contribution in [0.5, 0.6) is 0 Å². The highest BCUT2D eigenvalue weighted by Crippen LogP contribution is 2.52. The first-order chi connectivity index (χ1) is 16.6. The Bertz CT molecular complexity index is 890. The molecule has 12 heteroatoms. The van der Waals surface area contributed by atoms with Crippen LogP contribution in [0.4, 0.5) is 4.79 Å². The molecule has 2 unspecified atom stereocenters. The fraction of sp³-hybridized carbons (Fsp3) is 0.609. The molecule has 0 radical (unpaired) electrons. The highest BCUT2D eigenvalue weighted by Gasteiger charge is 2.42. The van der Waals surface area contributed by atoms with Gasteiger partial charge in [0.1, 0.15) is 12.6 Å². The third-order valence-corrected chi connectivity index (χ3v) is 7.78. The minimum absolute atomic E-state index is 0.0162. The van der Waals surface area contributed by atoms with Crippen LogP contribution in [0.3, 0.4) is 0 Å². The number of carbonyl (C=O) groups excluding carboxylic acids is 3. The van der Waals surface area contributed by atoms with Gasteiger partial charge in [0.25, 0.3) is 0 Å². The monoisotopic (exact) mass is 513 g/mol. The van der Waals surface area contributed by atoms with Gasteiger partial charge in [0.15, 0.2) is 5.85 Å². The van der Waals surface area contributed by atoms with Gasteiger partial charge in [-0.25, -0.2) is 4.79 Å². The Hall–Kier alpha value is -2.46. The summed E-state index contributed by atoms with van der Waals surface area (Å²) >= 11 is 0. The van der Waals surface area contributed by atoms with Crippen LogP contribution in [0.25, 0.3) is 0 Å². The molecule has 0 saturated carbocycles. The highest BCUT2D eigenvalue weighted by molar-refractivity contribution is 7.54. The number of hydrogen-bond donors (Lipinski definition) is 4. The number of carbonyl (C=O) groups is 3. The Morgan fingerprint density at radius 3 is 2.37 bits per heavy atom. The molecule has 0 aliphatic carbocycles. The summed E-state index contributed by atoms with van der Waals surface area (Å²) in [6.07, 6.45) is 0.0243. The van der Waals surface area contributed by atoms with Crippen LogP contribution in [0, 0.1) is 11.8 Å².